The average molecular weight is 312 g/mol. The molecule has 2 aromatic rings. The molecular formula is C12H14BrN3O2. The zero-order chi connectivity index (χ0) is 13.0. The van der Waals surface area contributed by atoms with E-state index in [2.05, 4.69) is 26.1 Å². The van der Waals surface area contributed by atoms with Gasteiger partial charge in [-0.1, -0.05) is 17.3 Å². The number of nitrogens with zero attached hydrogens (tertiary/aromatic N) is 2. The van der Waals surface area contributed by atoms with Gasteiger partial charge in [0, 0.05) is 11.1 Å². The molecule has 2 rings (SSSR count). The molecule has 0 spiro atoms. The number of aromatic nitrogens is 2. The van der Waals surface area contributed by atoms with Crippen LogP contribution in [0.1, 0.15) is 18.8 Å². The van der Waals surface area contributed by atoms with Gasteiger partial charge in [0.15, 0.2) is 5.82 Å². The molecule has 0 radical (unpaired) electrons. The Kier molecular flexibility index (Phi) is 4.46. The van der Waals surface area contributed by atoms with Gasteiger partial charge in [0.1, 0.15) is 0 Å². The first-order chi connectivity index (χ1) is 8.72. The Labute approximate surface area is 113 Å². The highest BCUT2D eigenvalue weighted by Gasteiger charge is 2.16. The number of halogens is 1. The number of nitrogens with two attached hydrogens (primary N) is 1. The van der Waals surface area contributed by atoms with Crippen LogP contribution in [0.25, 0.3) is 11.5 Å². The third-order valence-corrected chi connectivity index (χ3v) is 3.07. The normalized spacial score (nSPS) is 12.6. The maximum absolute atomic E-state index is 5.89. The molecule has 0 aliphatic carbocycles. The van der Waals surface area contributed by atoms with E-state index < -0.39 is 0 Å². The van der Waals surface area contributed by atoms with Crippen LogP contribution in [0, 0.1) is 0 Å². The molecule has 0 saturated heterocycles. The predicted molar refractivity (Wildman–Crippen MR) is 70.9 cm³/mol. The van der Waals surface area contributed by atoms with E-state index in [4.69, 9.17) is 15.0 Å². The maximum atomic E-state index is 5.89. The van der Waals surface area contributed by atoms with E-state index in [0.717, 1.165) is 10.0 Å². The molecule has 1 unspecified atom stereocenters. The first kappa shape index (κ1) is 13.2. The predicted octanol–water partition coefficient (Wildman–Crippen LogP) is 2.54. The SMILES string of the molecule is CCOCC(N)c1noc(-c2ccccc2Br)n1. The Hall–Kier alpha value is -1.24. The lowest BCUT2D eigenvalue weighted by atomic mass is 10.2. The smallest absolute Gasteiger partial charge is 0.259 e. The van der Waals surface area contributed by atoms with E-state index in [1.54, 1.807) is 0 Å². The van der Waals surface area contributed by atoms with Gasteiger partial charge in [0.05, 0.1) is 18.2 Å². The Morgan fingerprint density at radius 2 is 2.22 bits per heavy atom. The molecule has 2 N–H and O–H groups in total. The Morgan fingerprint density at radius 3 is 2.94 bits per heavy atom. The lowest BCUT2D eigenvalue weighted by molar-refractivity contribution is 0.130. The monoisotopic (exact) mass is 311 g/mol. The summed E-state index contributed by atoms with van der Waals surface area (Å²) >= 11 is 3.44. The highest BCUT2D eigenvalue weighted by molar-refractivity contribution is 9.10. The van der Waals surface area contributed by atoms with Gasteiger partial charge in [0.2, 0.25) is 0 Å². The second kappa shape index (κ2) is 6.08. The summed E-state index contributed by atoms with van der Waals surface area (Å²) in [4.78, 5) is 4.28. The molecule has 18 heavy (non-hydrogen) atoms. The van der Waals surface area contributed by atoms with Crippen LogP contribution in [0.2, 0.25) is 0 Å². The number of benzene rings is 1. The van der Waals surface area contributed by atoms with Crippen molar-refractivity contribution < 1.29 is 9.26 Å². The fourth-order valence-corrected chi connectivity index (χ4v) is 1.90. The summed E-state index contributed by atoms with van der Waals surface area (Å²) in [6.07, 6.45) is 0. The van der Waals surface area contributed by atoms with Gasteiger partial charge in [-0.25, -0.2) is 0 Å². The van der Waals surface area contributed by atoms with Crippen LogP contribution in [0.3, 0.4) is 0 Å². The summed E-state index contributed by atoms with van der Waals surface area (Å²) in [5, 5.41) is 3.87. The summed E-state index contributed by atoms with van der Waals surface area (Å²) in [5.41, 5.74) is 6.74. The fourth-order valence-electron chi connectivity index (χ4n) is 1.45. The van der Waals surface area contributed by atoms with Gasteiger partial charge >= 0.3 is 0 Å². The second-order valence-electron chi connectivity index (χ2n) is 3.70. The molecule has 0 bridgehead atoms. The standard InChI is InChI=1S/C12H14BrN3O2/c1-2-17-7-10(14)11-15-12(18-16-11)8-5-3-4-6-9(8)13/h3-6,10H,2,7,14H2,1H3. The van der Waals surface area contributed by atoms with E-state index in [9.17, 15) is 0 Å². The number of hydrogen-bond acceptors (Lipinski definition) is 5. The zero-order valence-corrected chi connectivity index (χ0v) is 11.6. The van der Waals surface area contributed by atoms with Gasteiger partial charge in [-0.05, 0) is 35.0 Å². The largest absolute Gasteiger partial charge is 0.380 e. The van der Waals surface area contributed by atoms with Crippen molar-refractivity contribution in [3.63, 3.8) is 0 Å². The van der Waals surface area contributed by atoms with Gasteiger partial charge in [0.25, 0.3) is 5.89 Å². The summed E-state index contributed by atoms with van der Waals surface area (Å²) in [5.74, 6) is 0.902. The van der Waals surface area contributed by atoms with Crippen molar-refractivity contribution in [2.24, 2.45) is 5.73 Å². The molecule has 0 amide bonds. The molecule has 0 fully saturated rings. The van der Waals surface area contributed by atoms with E-state index in [0.29, 0.717) is 24.9 Å². The first-order valence-corrected chi connectivity index (χ1v) is 6.43. The summed E-state index contributed by atoms with van der Waals surface area (Å²) < 4.78 is 11.3. The quantitative estimate of drug-likeness (QED) is 0.918. The molecular weight excluding hydrogens is 298 g/mol. The Bertz CT molecular complexity index is 516. The number of hydrogen-bond donors (Lipinski definition) is 1. The Balaban J connectivity index is 2.18. The summed E-state index contributed by atoms with van der Waals surface area (Å²) in [6, 6.07) is 7.27. The van der Waals surface area contributed by atoms with Crippen LogP contribution in [0.4, 0.5) is 0 Å². The van der Waals surface area contributed by atoms with Crippen molar-refractivity contribution in [3.8, 4) is 11.5 Å². The van der Waals surface area contributed by atoms with E-state index in [-0.39, 0.29) is 6.04 Å². The third kappa shape index (κ3) is 2.95. The molecule has 1 atom stereocenters. The number of rotatable bonds is 5. The molecule has 5 nitrogen and oxygen atoms in total. The first-order valence-electron chi connectivity index (χ1n) is 5.64. The molecule has 0 aliphatic rings. The molecule has 0 saturated carbocycles. The molecule has 0 aliphatic heterocycles. The lowest BCUT2D eigenvalue weighted by Gasteiger charge is -2.05. The zero-order valence-electron chi connectivity index (χ0n) is 9.97. The highest BCUT2D eigenvalue weighted by Crippen LogP contribution is 2.26. The van der Waals surface area contributed by atoms with Crippen LogP contribution in [-0.4, -0.2) is 23.4 Å². The van der Waals surface area contributed by atoms with Gasteiger partial charge in [-0.3, -0.25) is 0 Å². The van der Waals surface area contributed by atoms with Crippen molar-refractivity contribution in [1.29, 1.82) is 0 Å². The van der Waals surface area contributed by atoms with Crippen LogP contribution < -0.4 is 5.73 Å². The maximum Gasteiger partial charge on any atom is 0.259 e. The summed E-state index contributed by atoms with van der Waals surface area (Å²) in [6.45, 7) is 2.91. The second-order valence-corrected chi connectivity index (χ2v) is 4.56. The molecule has 1 aromatic carbocycles. The van der Waals surface area contributed by atoms with E-state index >= 15 is 0 Å². The van der Waals surface area contributed by atoms with Crippen molar-refractivity contribution in [2.45, 2.75) is 13.0 Å². The fraction of sp³-hybridized carbons (Fsp3) is 0.333. The van der Waals surface area contributed by atoms with Crippen LogP contribution in [0.15, 0.2) is 33.3 Å². The van der Waals surface area contributed by atoms with Crippen molar-refractivity contribution in [3.05, 3.63) is 34.6 Å². The van der Waals surface area contributed by atoms with Crippen LogP contribution in [-0.2, 0) is 4.74 Å². The number of ether oxygens (including phenoxy) is 1. The third-order valence-electron chi connectivity index (χ3n) is 2.38. The van der Waals surface area contributed by atoms with E-state index in [1.807, 2.05) is 31.2 Å². The van der Waals surface area contributed by atoms with Gasteiger partial charge in [-0.2, -0.15) is 4.98 Å². The topological polar surface area (TPSA) is 74.2 Å². The molecule has 6 heteroatoms. The molecule has 96 valence electrons. The minimum absolute atomic E-state index is 0.370. The molecule has 1 aromatic heterocycles. The average Bonchev–Trinajstić information content (AvgIpc) is 2.86. The minimum Gasteiger partial charge on any atom is -0.380 e. The van der Waals surface area contributed by atoms with E-state index in [1.165, 1.54) is 0 Å². The van der Waals surface area contributed by atoms with Crippen molar-refractivity contribution in [1.82, 2.24) is 10.1 Å². The lowest BCUT2D eigenvalue weighted by Crippen LogP contribution is -2.18. The minimum atomic E-state index is -0.370. The summed E-state index contributed by atoms with van der Waals surface area (Å²) in [7, 11) is 0. The highest BCUT2D eigenvalue weighted by atomic mass is 79.9. The van der Waals surface area contributed by atoms with Crippen molar-refractivity contribution >= 4 is 15.9 Å². The van der Waals surface area contributed by atoms with Crippen LogP contribution in [0.5, 0.6) is 0 Å². The van der Waals surface area contributed by atoms with Crippen LogP contribution >= 0.6 is 15.9 Å². The Morgan fingerprint density at radius 1 is 1.44 bits per heavy atom. The van der Waals surface area contributed by atoms with Crippen molar-refractivity contribution in [2.75, 3.05) is 13.2 Å². The molecule has 1 heterocycles. The van der Waals surface area contributed by atoms with Gasteiger partial charge in [-0.15, -0.1) is 0 Å². The van der Waals surface area contributed by atoms with Gasteiger partial charge < -0.3 is 15.0 Å².